The molecule has 27 heavy (non-hydrogen) atoms. The number of hydrogen-bond acceptors (Lipinski definition) is 6. The summed E-state index contributed by atoms with van der Waals surface area (Å²) in [5, 5.41) is 14.9. The van der Waals surface area contributed by atoms with Crippen LogP contribution in [0.5, 0.6) is 0 Å². The lowest BCUT2D eigenvalue weighted by Gasteiger charge is -2.12. The Kier molecular flexibility index (Phi) is 4.82. The van der Waals surface area contributed by atoms with Crippen LogP contribution in [-0.2, 0) is 16.4 Å². The molecule has 140 valence electrons. The van der Waals surface area contributed by atoms with Crippen molar-refractivity contribution in [3.8, 4) is 11.5 Å². The molecule has 2 aromatic heterocycles. The number of H-pyrrole nitrogens is 1. The SMILES string of the molecule is CCc1c(NS(=O)(=O)c2ccc(-c3ccc(=O)[nH]n3)o2)cccc1C(=O)O. The lowest BCUT2D eigenvalue weighted by molar-refractivity contribution is 0.0695. The molecule has 1 aromatic carbocycles. The van der Waals surface area contributed by atoms with Crippen LogP contribution in [0.25, 0.3) is 11.5 Å². The van der Waals surface area contributed by atoms with Gasteiger partial charge in [0.15, 0.2) is 5.76 Å². The van der Waals surface area contributed by atoms with Crippen molar-refractivity contribution < 1.29 is 22.7 Å². The summed E-state index contributed by atoms with van der Waals surface area (Å²) < 4.78 is 32.9. The van der Waals surface area contributed by atoms with Crippen molar-refractivity contribution in [1.82, 2.24) is 10.2 Å². The van der Waals surface area contributed by atoms with Gasteiger partial charge in [-0.1, -0.05) is 13.0 Å². The smallest absolute Gasteiger partial charge is 0.336 e. The van der Waals surface area contributed by atoms with Crippen LogP contribution in [0.3, 0.4) is 0 Å². The van der Waals surface area contributed by atoms with Crippen molar-refractivity contribution >= 4 is 21.7 Å². The Morgan fingerprint density at radius 1 is 1.22 bits per heavy atom. The van der Waals surface area contributed by atoms with Crippen LogP contribution in [0, 0.1) is 0 Å². The van der Waals surface area contributed by atoms with Gasteiger partial charge >= 0.3 is 5.97 Å². The van der Waals surface area contributed by atoms with E-state index in [9.17, 15) is 23.1 Å². The Morgan fingerprint density at radius 2 is 2.00 bits per heavy atom. The Labute approximate surface area is 153 Å². The van der Waals surface area contributed by atoms with Crippen molar-refractivity contribution in [2.45, 2.75) is 18.4 Å². The average Bonchev–Trinajstić information content (AvgIpc) is 3.13. The fourth-order valence-electron chi connectivity index (χ4n) is 2.54. The molecule has 0 spiro atoms. The second kappa shape index (κ2) is 7.08. The van der Waals surface area contributed by atoms with Crippen LogP contribution in [0.4, 0.5) is 5.69 Å². The van der Waals surface area contributed by atoms with E-state index in [1.54, 1.807) is 6.92 Å². The van der Waals surface area contributed by atoms with Gasteiger partial charge < -0.3 is 9.52 Å². The average molecular weight is 389 g/mol. The summed E-state index contributed by atoms with van der Waals surface area (Å²) in [6.07, 6.45) is 0.324. The van der Waals surface area contributed by atoms with Crippen LogP contribution in [0.1, 0.15) is 22.8 Å². The minimum absolute atomic E-state index is 0.0234. The highest BCUT2D eigenvalue weighted by Crippen LogP contribution is 2.27. The second-order valence-corrected chi connectivity index (χ2v) is 7.13. The molecule has 0 saturated heterocycles. The van der Waals surface area contributed by atoms with E-state index < -0.39 is 21.6 Å². The van der Waals surface area contributed by atoms with Crippen molar-refractivity contribution in [2.75, 3.05) is 4.72 Å². The molecule has 10 heteroatoms. The van der Waals surface area contributed by atoms with E-state index in [1.807, 2.05) is 0 Å². The topological polar surface area (TPSA) is 142 Å². The van der Waals surface area contributed by atoms with E-state index in [0.717, 1.165) is 0 Å². The molecule has 3 N–H and O–H groups in total. The number of aromatic nitrogens is 2. The summed E-state index contributed by atoms with van der Waals surface area (Å²) in [4.78, 5) is 22.4. The number of rotatable bonds is 6. The molecule has 3 aromatic rings. The number of carboxylic acids is 1. The van der Waals surface area contributed by atoms with Gasteiger partial charge in [0.25, 0.3) is 15.6 Å². The van der Waals surface area contributed by atoms with Gasteiger partial charge in [0.1, 0.15) is 5.69 Å². The molecule has 0 atom stereocenters. The van der Waals surface area contributed by atoms with Crippen molar-refractivity contribution in [3.63, 3.8) is 0 Å². The van der Waals surface area contributed by atoms with Gasteiger partial charge in [0.2, 0.25) is 5.09 Å². The van der Waals surface area contributed by atoms with Crippen LogP contribution in [-0.4, -0.2) is 29.7 Å². The Morgan fingerprint density at radius 3 is 2.63 bits per heavy atom. The number of aromatic carboxylic acids is 1. The predicted octanol–water partition coefficient (Wildman–Crippen LogP) is 2.09. The zero-order chi connectivity index (χ0) is 19.6. The van der Waals surface area contributed by atoms with E-state index >= 15 is 0 Å². The third-order valence-electron chi connectivity index (χ3n) is 3.78. The highest BCUT2D eigenvalue weighted by molar-refractivity contribution is 7.92. The lowest BCUT2D eigenvalue weighted by atomic mass is 10.0. The normalized spacial score (nSPS) is 11.3. The highest BCUT2D eigenvalue weighted by atomic mass is 32.2. The second-order valence-electron chi connectivity index (χ2n) is 5.52. The molecule has 0 amide bonds. The van der Waals surface area contributed by atoms with Crippen molar-refractivity contribution in [2.24, 2.45) is 0 Å². The molecule has 0 saturated carbocycles. The fourth-order valence-corrected chi connectivity index (χ4v) is 3.57. The summed E-state index contributed by atoms with van der Waals surface area (Å²) in [7, 11) is -4.09. The molecular weight excluding hydrogens is 374 g/mol. The maximum absolute atomic E-state index is 12.6. The van der Waals surface area contributed by atoms with Crippen LogP contribution in [0.2, 0.25) is 0 Å². The molecule has 9 nitrogen and oxygen atoms in total. The fraction of sp³-hybridized carbons (Fsp3) is 0.118. The third-order valence-corrected chi connectivity index (χ3v) is 5.02. The zero-order valence-corrected chi connectivity index (χ0v) is 14.9. The Balaban J connectivity index is 1.95. The molecule has 2 heterocycles. The van der Waals surface area contributed by atoms with Gasteiger partial charge in [-0.05, 0) is 42.3 Å². The number of sulfonamides is 1. The number of benzene rings is 1. The number of nitrogens with zero attached hydrogens (tertiary/aromatic N) is 1. The van der Waals surface area contributed by atoms with Crippen LogP contribution < -0.4 is 10.3 Å². The molecule has 0 bridgehead atoms. The summed E-state index contributed by atoms with van der Waals surface area (Å²) in [5.74, 6) is -0.987. The van der Waals surface area contributed by atoms with Gasteiger partial charge in [0.05, 0.1) is 11.3 Å². The van der Waals surface area contributed by atoms with Crippen molar-refractivity contribution in [3.05, 3.63) is 63.9 Å². The number of nitrogens with one attached hydrogen (secondary N) is 2. The molecule has 0 unspecified atom stereocenters. The van der Waals surface area contributed by atoms with E-state index in [2.05, 4.69) is 14.9 Å². The quantitative estimate of drug-likeness (QED) is 0.586. The number of carboxylic acid groups (broad SMARTS) is 1. The zero-order valence-electron chi connectivity index (χ0n) is 14.1. The molecule has 0 fully saturated rings. The highest BCUT2D eigenvalue weighted by Gasteiger charge is 2.22. The molecule has 0 aliphatic heterocycles. The lowest BCUT2D eigenvalue weighted by Crippen LogP contribution is -2.15. The molecule has 3 rings (SSSR count). The number of hydrogen-bond donors (Lipinski definition) is 3. The first-order valence-electron chi connectivity index (χ1n) is 7.85. The predicted molar refractivity (Wildman–Crippen MR) is 96.1 cm³/mol. The number of anilines is 1. The summed E-state index contributed by atoms with van der Waals surface area (Å²) >= 11 is 0. The van der Waals surface area contributed by atoms with E-state index in [1.165, 1.54) is 42.5 Å². The standard InChI is InChI=1S/C17H15N3O6S/c1-2-10-11(17(22)23)4-3-5-12(10)20-27(24,25)16-9-7-14(26-16)13-6-8-15(21)19-18-13/h3-9,20H,2H2,1H3,(H,19,21)(H,22,23). The Bertz CT molecular complexity index is 1140. The first-order chi connectivity index (χ1) is 12.8. The molecular formula is C17H15N3O6S. The van der Waals surface area contributed by atoms with Gasteiger partial charge in [-0.15, -0.1) is 0 Å². The van der Waals surface area contributed by atoms with E-state index in [-0.39, 0.29) is 27.8 Å². The van der Waals surface area contributed by atoms with E-state index in [0.29, 0.717) is 12.0 Å². The monoisotopic (exact) mass is 389 g/mol. The molecule has 0 radical (unpaired) electrons. The van der Waals surface area contributed by atoms with Gasteiger partial charge in [0, 0.05) is 6.07 Å². The van der Waals surface area contributed by atoms with Crippen molar-refractivity contribution in [1.29, 1.82) is 0 Å². The summed E-state index contributed by atoms with van der Waals surface area (Å²) in [6.45, 7) is 1.73. The number of carbonyl (C=O) groups is 1. The maximum Gasteiger partial charge on any atom is 0.336 e. The van der Waals surface area contributed by atoms with Gasteiger partial charge in [-0.3, -0.25) is 9.52 Å². The van der Waals surface area contributed by atoms with E-state index in [4.69, 9.17) is 4.42 Å². The maximum atomic E-state index is 12.6. The minimum atomic E-state index is -4.09. The van der Waals surface area contributed by atoms with Crippen LogP contribution in [0.15, 0.2) is 56.8 Å². The molecule has 0 aliphatic rings. The third kappa shape index (κ3) is 3.75. The van der Waals surface area contributed by atoms with Gasteiger partial charge in [-0.25, -0.2) is 9.89 Å². The Hall–Kier alpha value is -3.40. The minimum Gasteiger partial charge on any atom is -0.478 e. The summed E-state index contributed by atoms with van der Waals surface area (Å²) in [5.41, 5.74) is 0.416. The molecule has 0 aliphatic carbocycles. The first-order valence-corrected chi connectivity index (χ1v) is 9.34. The number of furan rings is 1. The first kappa shape index (κ1) is 18.4. The summed E-state index contributed by atoms with van der Waals surface area (Å²) in [6, 6.07) is 9.64. The largest absolute Gasteiger partial charge is 0.478 e. The van der Waals surface area contributed by atoms with Gasteiger partial charge in [-0.2, -0.15) is 13.5 Å². The number of aromatic amines is 1. The van der Waals surface area contributed by atoms with Crippen LogP contribution >= 0.6 is 0 Å².